The van der Waals surface area contributed by atoms with E-state index in [1.807, 2.05) is 36.4 Å². The van der Waals surface area contributed by atoms with E-state index in [1.54, 1.807) is 10.9 Å². The van der Waals surface area contributed by atoms with E-state index in [0.717, 1.165) is 30.5 Å². The van der Waals surface area contributed by atoms with Crippen molar-refractivity contribution < 1.29 is 0 Å². The maximum Gasteiger partial charge on any atom is 0.216 e. The average Bonchev–Trinajstić information content (AvgIpc) is 3.30. The van der Waals surface area contributed by atoms with Crippen molar-refractivity contribution in [2.24, 2.45) is 5.10 Å². The Labute approximate surface area is 154 Å². The molecule has 0 fully saturated rings. The molecule has 0 unspecified atom stereocenters. The van der Waals surface area contributed by atoms with Gasteiger partial charge in [-0.15, -0.1) is 0 Å². The van der Waals surface area contributed by atoms with Crippen molar-refractivity contribution in [2.45, 2.75) is 19.3 Å². The minimum Gasteiger partial charge on any atom is -0.282 e. The number of nitrogens with one attached hydrogen (secondary N) is 2. The highest BCUT2D eigenvalue weighted by molar-refractivity contribution is 7.71. The van der Waals surface area contributed by atoms with Gasteiger partial charge in [0.1, 0.15) is 5.69 Å². The van der Waals surface area contributed by atoms with E-state index in [4.69, 9.17) is 23.8 Å². The van der Waals surface area contributed by atoms with Gasteiger partial charge in [-0.05, 0) is 43.1 Å². The zero-order valence-electron chi connectivity index (χ0n) is 13.2. The van der Waals surface area contributed by atoms with Crippen LogP contribution in [0.5, 0.6) is 0 Å². The molecular weight excluding hydrogens is 356 g/mol. The molecule has 6 nitrogen and oxygen atoms in total. The first kappa shape index (κ1) is 16.0. The van der Waals surface area contributed by atoms with Crippen molar-refractivity contribution >= 4 is 36.1 Å². The first-order chi connectivity index (χ1) is 12.2. The van der Waals surface area contributed by atoms with Gasteiger partial charge in [0, 0.05) is 11.3 Å². The normalized spacial score (nSPS) is 14.4. The maximum atomic E-state index is 6.27. The molecule has 0 amide bonds. The van der Waals surface area contributed by atoms with Crippen LogP contribution < -0.4 is 0 Å². The number of aryl methyl sites for hydroxylation is 1. The zero-order chi connectivity index (χ0) is 17.2. The van der Waals surface area contributed by atoms with Gasteiger partial charge in [0.25, 0.3) is 0 Å². The fourth-order valence-electron chi connectivity index (χ4n) is 2.91. The molecule has 1 aliphatic carbocycles. The Bertz CT molecular complexity index is 1010. The van der Waals surface area contributed by atoms with Crippen molar-refractivity contribution in [2.75, 3.05) is 0 Å². The minimum absolute atomic E-state index is 0.394. The second-order valence-corrected chi connectivity index (χ2v) is 6.55. The standard InChI is InChI=1S/C17H15ClN6S/c18-12(9-11-5-2-1-3-6-11)10-19-24-16(22-23-17(24)25)15-13-7-4-8-14(13)20-21-15/h1-3,5-6,9-10H,4,7-8H2,(H,20,21)(H,23,25)/b12-9+,19-10+. The molecule has 0 radical (unpaired) electrons. The van der Waals surface area contributed by atoms with Crippen LogP contribution in [0.25, 0.3) is 17.6 Å². The Hall–Kier alpha value is -2.51. The van der Waals surface area contributed by atoms with Crippen molar-refractivity contribution in [1.29, 1.82) is 0 Å². The summed E-state index contributed by atoms with van der Waals surface area (Å²) in [5.41, 5.74) is 4.15. The molecule has 8 heteroatoms. The molecule has 1 aliphatic rings. The van der Waals surface area contributed by atoms with Gasteiger partial charge in [-0.25, -0.2) is 5.10 Å². The average molecular weight is 371 g/mol. The van der Waals surface area contributed by atoms with Crippen molar-refractivity contribution in [3.05, 3.63) is 57.0 Å². The number of rotatable bonds is 4. The van der Waals surface area contributed by atoms with Crippen molar-refractivity contribution in [1.82, 2.24) is 25.1 Å². The molecule has 0 aliphatic heterocycles. The molecule has 1 aromatic carbocycles. The van der Waals surface area contributed by atoms with E-state index in [0.29, 0.717) is 15.6 Å². The first-order valence-corrected chi connectivity index (χ1v) is 8.71. The number of benzene rings is 1. The van der Waals surface area contributed by atoms with Gasteiger partial charge in [-0.3, -0.25) is 5.10 Å². The van der Waals surface area contributed by atoms with Crippen LogP contribution in [-0.4, -0.2) is 31.3 Å². The Kier molecular flexibility index (Phi) is 4.33. The highest BCUT2D eigenvalue weighted by Crippen LogP contribution is 2.29. The molecule has 0 saturated carbocycles. The third kappa shape index (κ3) is 3.20. The number of hydrogen-bond donors (Lipinski definition) is 2. The summed E-state index contributed by atoms with van der Waals surface area (Å²) in [6.07, 6.45) is 6.51. The zero-order valence-corrected chi connectivity index (χ0v) is 14.8. The minimum atomic E-state index is 0.394. The SMILES string of the molecule is S=c1[nH]nc(-c2n[nH]c3c2CCC3)n1/N=C/C(Cl)=C\c1ccccc1. The smallest absolute Gasteiger partial charge is 0.216 e. The second-order valence-electron chi connectivity index (χ2n) is 5.73. The number of nitrogens with zero attached hydrogens (tertiary/aromatic N) is 4. The summed E-state index contributed by atoms with van der Waals surface area (Å²) in [4.78, 5) is 0. The predicted molar refractivity (Wildman–Crippen MR) is 101 cm³/mol. The topological polar surface area (TPSA) is 74.7 Å². The van der Waals surface area contributed by atoms with Crippen molar-refractivity contribution in [3.8, 4) is 11.5 Å². The molecular formula is C17H15ClN6S. The van der Waals surface area contributed by atoms with Gasteiger partial charge in [0.15, 0.2) is 0 Å². The maximum absolute atomic E-state index is 6.27. The molecule has 25 heavy (non-hydrogen) atoms. The molecule has 2 heterocycles. The highest BCUT2D eigenvalue weighted by Gasteiger charge is 2.23. The van der Waals surface area contributed by atoms with Crippen molar-refractivity contribution in [3.63, 3.8) is 0 Å². The molecule has 3 aromatic rings. The van der Waals surface area contributed by atoms with Crippen LogP contribution >= 0.6 is 23.8 Å². The summed E-state index contributed by atoms with van der Waals surface area (Å²) in [5, 5.41) is 19.4. The molecule has 4 rings (SSSR count). The number of H-pyrrole nitrogens is 2. The number of hydrogen-bond acceptors (Lipinski definition) is 4. The third-order valence-corrected chi connectivity index (χ3v) is 4.54. The van der Waals surface area contributed by atoms with E-state index in [-0.39, 0.29) is 0 Å². The molecule has 2 N–H and O–H groups in total. The molecule has 126 valence electrons. The summed E-state index contributed by atoms with van der Waals surface area (Å²) in [7, 11) is 0. The quantitative estimate of drug-likeness (QED) is 0.539. The lowest BCUT2D eigenvalue weighted by atomic mass is 10.2. The van der Waals surface area contributed by atoms with Gasteiger partial charge < -0.3 is 0 Å². The van der Waals surface area contributed by atoms with E-state index in [1.165, 1.54) is 11.3 Å². The van der Waals surface area contributed by atoms with Crippen LogP contribution in [0.1, 0.15) is 23.2 Å². The Morgan fingerprint density at radius 1 is 1.20 bits per heavy atom. The second kappa shape index (κ2) is 6.78. The van der Waals surface area contributed by atoms with Crippen LogP contribution in [0.15, 0.2) is 40.5 Å². The number of allylic oxidation sites excluding steroid dienone is 1. The highest BCUT2D eigenvalue weighted by atomic mass is 35.5. The number of aromatic nitrogens is 5. The number of aromatic amines is 2. The first-order valence-electron chi connectivity index (χ1n) is 7.93. The van der Waals surface area contributed by atoms with Gasteiger partial charge in [0.2, 0.25) is 10.6 Å². The number of halogens is 1. The van der Waals surface area contributed by atoms with E-state index < -0.39 is 0 Å². The van der Waals surface area contributed by atoms with Crippen LogP contribution in [0.4, 0.5) is 0 Å². The van der Waals surface area contributed by atoms with Gasteiger partial charge in [0.05, 0.1) is 11.2 Å². The van der Waals surface area contributed by atoms with Crippen LogP contribution in [-0.2, 0) is 12.8 Å². The summed E-state index contributed by atoms with van der Waals surface area (Å²) >= 11 is 11.6. The molecule has 0 atom stereocenters. The Balaban J connectivity index is 1.66. The fourth-order valence-corrected chi connectivity index (χ4v) is 3.26. The third-order valence-electron chi connectivity index (χ3n) is 4.07. The fraction of sp³-hybridized carbons (Fsp3) is 0.176. The van der Waals surface area contributed by atoms with Crippen LogP contribution in [0.2, 0.25) is 0 Å². The largest absolute Gasteiger partial charge is 0.282 e. The lowest BCUT2D eigenvalue weighted by Gasteiger charge is -1.99. The lowest BCUT2D eigenvalue weighted by Crippen LogP contribution is -1.97. The molecule has 0 saturated heterocycles. The summed E-state index contributed by atoms with van der Waals surface area (Å²) < 4.78 is 1.94. The lowest BCUT2D eigenvalue weighted by molar-refractivity contribution is 0.844. The monoisotopic (exact) mass is 370 g/mol. The molecule has 2 aromatic heterocycles. The van der Waals surface area contributed by atoms with Gasteiger partial charge in [-0.1, -0.05) is 41.9 Å². The summed E-state index contributed by atoms with van der Waals surface area (Å²) in [6.45, 7) is 0. The molecule has 0 spiro atoms. The Morgan fingerprint density at radius 3 is 2.88 bits per heavy atom. The molecule has 0 bridgehead atoms. The van der Waals surface area contributed by atoms with Crippen LogP contribution in [0.3, 0.4) is 0 Å². The summed E-state index contributed by atoms with van der Waals surface area (Å²) in [6, 6.07) is 9.81. The van der Waals surface area contributed by atoms with Crippen LogP contribution in [0, 0.1) is 4.77 Å². The Morgan fingerprint density at radius 2 is 2.04 bits per heavy atom. The van der Waals surface area contributed by atoms with Gasteiger partial charge in [-0.2, -0.15) is 20.0 Å². The van der Waals surface area contributed by atoms with E-state index in [2.05, 4.69) is 25.5 Å². The predicted octanol–water partition coefficient (Wildman–Crippen LogP) is 3.93. The van der Waals surface area contributed by atoms with Gasteiger partial charge >= 0.3 is 0 Å². The van der Waals surface area contributed by atoms with E-state index in [9.17, 15) is 0 Å². The number of fused-ring (bicyclic) bond motifs is 1. The van der Waals surface area contributed by atoms with E-state index >= 15 is 0 Å². The summed E-state index contributed by atoms with van der Waals surface area (Å²) in [5.74, 6) is 0.588.